The third kappa shape index (κ3) is 7.29. The first kappa shape index (κ1) is 13.2. The Morgan fingerprint density at radius 3 is 2.53 bits per heavy atom. The summed E-state index contributed by atoms with van der Waals surface area (Å²) in [5, 5.41) is 13.2. The van der Waals surface area contributed by atoms with Gasteiger partial charge in [0.1, 0.15) is 6.04 Å². The van der Waals surface area contributed by atoms with Crippen LogP contribution in [0.5, 0.6) is 0 Å². The van der Waals surface area contributed by atoms with Crippen molar-refractivity contribution in [2.24, 2.45) is 5.73 Å². The van der Waals surface area contributed by atoms with E-state index in [1.807, 2.05) is 0 Å². The minimum Gasteiger partial charge on any atom is -0.480 e. The van der Waals surface area contributed by atoms with E-state index in [1.165, 1.54) is 0 Å². The highest BCUT2D eigenvalue weighted by atomic mass is 16.4. The number of carboxylic acids is 1. The number of aliphatic carboxylic acids is 1. The van der Waals surface area contributed by atoms with Crippen molar-refractivity contribution in [1.29, 1.82) is 0 Å². The van der Waals surface area contributed by atoms with Crippen molar-refractivity contribution in [3.8, 4) is 0 Å². The zero-order valence-electron chi connectivity index (χ0n) is 8.23. The lowest BCUT2D eigenvalue weighted by molar-refractivity contribution is -0.140. The molecule has 7 heteroatoms. The zero-order chi connectivity index (χ0) is 11.7. The molecule has 15 heavy (non-hydrogen) atoms. The molecule has 1 atom stereocenters. The smallest absolute Gasteiger partial charge is 0.326 e. The maximum atomic E-state index is 10.6. The lowest BCUT2D eigenvalue weighted by atomic mass is 10.1. The fourth-order valence-electron chi connectivity index (χ4n) is 1.05. The molecule has 1 unspecified atom stereocenters. The number of rotatable bonds is 8. The second kappa shape index (κ2) is 7.60. The van der Waals surface area contributed by atoms with Crippen LogP contribution in [0.25, 0.3) is 0 Å². The van der Waals surface area contributed by atoms with Crippen LogP contribution in [-0.2, 0) is 9.59 Å². The molecule has 0 aromatic rings. The van der Waals surface area contributed by atoms with Crippen LogP contribution in [0.1, 0.15) is 19.3 Å². The molecule has 0 saturated heterocycles. The summed E-state index contributed by atoms with van der Waals surface area (Å²) < 4.78 is 0. The second-order valence-corrected chi connectivity index (χ2v) is 2.96. The van der Waals surface area contributed by atoms with Gasteiger partial charge in [-0.2, -0.15) is 0 Å². The summed E-state index contributed by atoms with van der Waals surface area (Å²) in [6.45, 7) is 0.406. The number of urea groups is 1. The lowest BCUT2D eigenvalue weighted by Crippen LogP contribution is -2.36. The van der Waals surface area contributed by atoms with E-state index in [4.69, 9.17) is 10.8 Å². The molecule has 0 fully saturated rings. The molecule has 0 aliphatic heterocycles. The highest BCUT2D eigenvalue weighted by molar-refractivity contribution is 5.76. The van der Waals surface area contributed by atoms with Gasteiger partial charge in [0, 0.05) is 6.54 Å². The van der Waals surface area contributed by atoms with Gasteiger partial charge in [-0.15, -0.1) is 0 Å². The van der Waals surface area contributed by atoms with Gasteiger partial charge in [0.05, 0.1) is 0 Å². The molecule has 0 saturated carbocycles. The van der Waals surface area contributed by atoms with Crippen molar-refractivity contribution in [2.75, 3.05) is 6.54 Å². The summed E-state index contributed by atoms with van der Waals surface area (Å²) in [6, 6.07) is -1.47. The number of carbonyl (C=O) groups is 3. The summed E-state index contributed by atoms with van der Waals surface area (Å²) in [5.41, 5.74) is 4.83. The topological polar surface area (TPSA) is 122 Å². The van der Waals surface area contributed by atoms with Crippen LogP contribution in [-0.4, -0.2) is 36.1 Å². The molecule has 7 nitrogen and oxygen atoms in total. The molecular formula is C8H15N3O4. The first-order valence-corrected chi connectivity index (χ1v) is 4.53. The van der Waals surface area contributed by atoms with E-state index in [1.54, 1.807) is 0 Å². The van der Waals surface area contributed by atoms with Crippen molar-refractivity contribution < 1.29 is 19.5 Å². The monoisotopic (exact) mass is 217 g/mol. The molecule has 0 aromatic heterocycles. The van der Waals surface area contributed by atoms with Gasteiger partial charge in [0.15, 0.2) is 0 Å². The van der Waals surface area contributed by atoms with E-state index in [-0.39, 0.29) is 0 Å². The normalized spacial score (nSPS) is 11.5. The fourth-order valence-corrected chi connectivity index (χ4v) is 1.05. The first-order chi connectivity index (χ1) is 7.07. The van der Waals surface area contributed by atoms with Gasteiger partial charge in [-0.1, -0.05) is 0 Å². The average molecular weight is 217 g/mol. The molecule has 86 valence electrons. The van der Waals surface area contributed by atoms with Crippen LogP contribution in [0.2, 0.25) is 0 Å². The van der Waals surface area contributed by atoms with E-state index in [0.29, 0.717) is 32.2 Å². The van der Waals surface area contributed by atoms with Gasteiger partial charge in [0.2, 0.25) is 6.41 Å². The number of carbonyl (C=O) groups excluding carboxylic acids is 2. The van der Waals surface area contributed by atoms with E-state index in [0.717, 1.165) is 0 Å². The highest BCUT2D eigenvalue weighted by Gasteiger charge is 2.14. The number of hydrogen-bond acceptors (Lipinski definition) is 3. The Labute approximate surface area is 87.0 Å². The van der Waals surface area contributed by atoms with Gasteiger partial charge in [-0.05, 0) is 19.3 Å². The van der Waals surface area contributed by atoms with Gasteiger partial charge >= 0.3 is 12.0 Å². The summed E-state index contributed by atoms with van der Waals surface area (Å²) in [6.07, 6.45) is 1.89. The highest BCUT2D eigenvalue weighted by Crippen LogP contribution is 2.00. The molecule has 0 aliphatic carbocycles. The summed E-state index contributed by atoms with van der Waals surface area (Å²) >= 11 is 0. The Balaban J connectivity index is 3.57. The molecule has 0 aromatic carbocycles. The van der Waals surface area contributed by atoms with Crippen LogP contribution < -0.4 is 16.4 Å². The number of unbranched alkanes of at least 4 members (excludes halogenated alkanes) is 1. The Morgan fingerprint density at radius 1 is 1.40 bits per heavy atom. The van der Waals surface area contributed by atoms with Crippen LogP contribution in [0.4, 0.5) is 4.79 Å². The molecule has 5 N–H and O–H groups in total. The van der Waals surface area contributed by atoms with Crippen LogP contribution in [0.3, 0.4) is 0 Å². The Kier molecular flexibility index (Phi) is 6.69. The number of hydrogen-bond donors (Lipinski definition) is 4. The zero-order valence-corrected chi connectivity index (χ0v) is 8.23. The quantitative estimate of drug-likeness (QED) is 0.308. The van der Waals surface area contributed by atoms with E-state index >= 15 is 0 Å². The maximum absolute atomic E-state index is 10.6. The predicted octanol–water partition coefficient (Wildman–Crippen LogP) is -0.976. The van der Waals surface area contributed by atoms with Crippen molar-refractivity contribution in [2.45, 2.75) is 25.3 Å². The Hall–Kier alpha value is -1.79. The number of nitrogens with two attached hydrogens (primary N) is 1. The third-order valence-electron chi connectivity index (χ3n) is 1.79. The predicted molar refractivity (Wildman–Crippen MR) is 52.1 cm³/mol. The van der Waals surface area contributed by atoms with Crippen LogP contribution in [0.15, 0.2) is 0 Å². The van der Waals surface area contributed by atoms with E-state index < -0.39 is 18.0 Å². The summed E-state index contributed by atoms with van der Waals surface area (Å²) in [4.78, 5) is 30.9. The number of primary amides is 1. The number of carboxylic acid groups (broad SMARTS) is 1. The molecule has 3 amide bonds. The summed E-state index contributed by atoms with van der Waals surface area (Å²) in [7, 11) is 0. The average Bonchev–Trinajstić information content (AvgIpc) is 2.15. The summed E-state index contributed by atoms with van der Waals surface area (Å²) in [5.74, 6) is -1.06. The molecule has 0 spiro atoms. The third-order valence-corrected chi connectivity index (χ3v) is 1.79. The second-order valence-electron chi connectivity index (χ2n) is 2.96. The van der Waals surface area contributed by atoms with Crippen LogP contribution in [0, 0.1) is 0 Å². The largest absolute Gasteiger partial charge is 0.480 e. The minimum atomic E-state index is -1.06. The molecule has 0 bridgehead atoms. The van der Waals surface area contributed by atoms with Gasteiger partial charge < -0.3 is 21.5 Å². The van der Waals surface area contributed by atoms with Crippen molar-refractivity contribution in [3.05, 3.63) is 0 Å². The molecular weight excluding hydrogens is 202 g/mol. The minimum absolute atomic E-state index is 0.328. The molecule has 0 heterocycles. The fraction of sp³-hybridized carbons (Fsp3) is 0.625. The standard InChI is InChI=1S/C8H15N3O4/c9-8(15)10-4-2-1-3-6(7(13)14)11-5-12/h5-6H,1-4H2,(H,11,12)(H,13,14)(H3,9,10,15). The van der Waals surface area contributed by atoms with Crippen molar-refractivity contribution in [1.82, 2.24) is 10.6 Å². The van der Waals surface area contributed by atoms with Crippen LogP contribution >= 0.6 is 0 Å². The number of amides is 3. The first-order valence-electron chi connectivity index (χ1n) is 4.53. The van der Waals surface area contributed by atoms with E-state index in [9.17, 15) is 14.4 Å². The SMILES string of the molecule is NC(=O)NCCCCC(NC=O)C(=O)O. The molecule has 0 rings (SSSR count). The Morgan fingerprint density at radius 2 is 2.07 bits per heavy atom. The Bertz CT molecular complexity index is 232. The molecule has 0 aliphatic rings. The van der Waals surface area contributed by atoms with Gasteiger partial charge in [-0.25, -0.2) is 9.59 Å². The van der Waals surface area contributed by atoms with Gasteiger partial charge in [0.25, 0.3) is 0 Å². The molecule has 0 radical (unpaired) electrons. The van der Waals surface area contributed by atoms with Crippen molar-refractivity contribution in [3.63, 3.8) is 0 Å². The van der Waals surface area contributed by atoms with Crippen molar-refractivity contribution >= 4 is 18.4 Å². The van der Waals surface area contributed by atoms with Gasteiger partial charge in [-0.3, -0.25) is 4.79 Å². The lowest BCUT2D eigenvalue weighted by Gasteiger charge is -2.10. The maximum Gasteiger partial charge on any atom is 0.326 e. The van der Waals surface area contributed by atoms with E-state index in [2.05, 4.69) is 10.6 Å². The number of nitrogens with one attached hydrogen (secondary N) is 2.